The molecule has 1 aliphatic rings. The minimum absolute atomic E-state index is 0.115. The first-order valence-corrected chi connectivity index (χ1v) is 6.73. The van der Waals surface area contributed by atoms with Crippen molar-refractivity contribution in [2.45, 2.75) is 31.2 Å². The fourth-order valence-electron chi connectivity index (χ4n) is 1.54. The van der Waals surface area contributed by atoms with Crippen LogP contribution in [0.2, 0.25) is 0 Å². The van der Waals surface area contributed by atoms with Crippen molar-refractivity contribution in [2.75, 3.05) is 0 Å². The number of rotatable bonds is 2. The summed E-state index contributed by atoms with van der Waals surface area (Å²) >= 11 is 0. The highest BCUT2D eigenvalue weighted by molar-refractivity contribution is 7.90. The van der Waals surface area contributed by atoms with E-state index in [1.54, 1.807) is 18.2 Å². The minimum Gasteiger partial charge on any atom is -0.264 e. The molecule has 0 bridgehead atoms. The predicted octanol–water partition coefficient (Wildman–Crippen LogP) is 1.52. The second-order valence-corrected chi connectivity index (χ2v) is 5.49. The molecular formula is C11H14N2O2S. The molecule has 0 aliphatic carbocycles. The second kappa shape index (κ2) is 3.90. The summed E-state index contributed by atoms with van der Waals surface area (Å²) in [5.41, 5.74) is 0.669. The second-order valence-electron chi connectivity index (χ2n) is 3.84. The van der Waals surface area contributed by atoms with E-state index in [1.165, 1.54) is 0 Å². The van der Waals surface area contributed by atoms with Crippen LogP contribution in [0.1, 0.15) is 25.8 Å². The molecule has 0 saturated carbocycles. The molecule has 0 spiro atoms. The molecule has 2 rings (SSSR count). The van der Waals surface area contributed by atoms with Crippen LogP contribution in [-0.2, 0) is 10.0 Å². The number of hydrogen-bond acceptors (Lipinski definition) is 3. The smallest absolute Gasteiger partial charge is 0.263 e. The molecule has 1 aliphatic heterocycles. The lowest BCUT2D eigenvalue weighted by Gasteiger charge is -2.03. The van der Waals surface area contributed by atoms with Gasteiger partial charge in [-0.05, 0) is 25.5 Å². The number of nitrogens with zero attached hydrogens (tertiary/aromatic N) is 1. The molecule has 1 N–H and O–H groups in total. The van der Waals surface area contributed by atoms with Crippen molar-refractivity contribution < 1.29 is 8.42 Å². The standard InChI is InChI=1S/C11H14N2O2S/c1-3-8(2)12-11-9-6-4-5-7-10(9)16(14,15)13-11/h4-8H,3H2,1-2H3,(H,12,13)/t8-/m1/s1. The van der Waals surface area contributed by atoms with Gasteiger partial charge in [-0.15, -0.1) is 0 Å². The average molecular weight is 238 g/mol. The van der Waals surface area contributed by atoms with E-state index in [0.29, 0.717) is 16.3 Å². The Morgan fingerprint density at radius 3 is 2.75 bits per heavy atom. The summed E-state index contributed by atoms with van der Waals surface area (Å²) in [7, 11) is -3.39. The first kappa shape index (κ1) is 11.1. The summed E-state index contributed by atoms with van der Waals surface area (Å²) in [6.07, 6.45) is 0.882. The molecule has 0 aromatic heterocycles. The Bertz CT molecular complexity index is 535. The lowest BCUT2D eigenvalue weighted by atomic mass is 10.2. The third-order valence-corrected chi connectivity index (χ3v) is 4.00. The number of sulfonamides is 1. The van der Waals surface area contributed by atoms with E-state index < -0.39 is 10.0 Å². The Kier molecular flexibility index (Phi) is 2.71. The first-order valence-electron chi connectivity index (χ1n) is 5.24. The Morgan fingerprint density at radius 1 is 1.38 bits per heavy atom. The molecule has 0 amide bonds. The van der Waals surface area contributed by atoms with Crippen molar-refractivity contribution in [3.63, 3.8) is 0 Å². The zero-order chi connectivity index (χ0) is 11.8. The van der Waals surface area contributed by atoms with Crippen molar-refractivity contribution in [1.29, 1.82) is 0 Å². The van der Waals surface area contributed by atoms with Crippen LogP contribution in [0, 0.1) is 0 Å². The van der Waals surface area contributed by atoms with Crippen molar-refractivity contribution >= 4 is 15.9 Å². The van der Waals surface area contributed by atoms with Gasteiger partial charge in [-0.2, -0.15) is 0 Å². The molecule has 1 aromatic rings. The van der Waals surface area contributed by atoms with E-state index in [-0.39, 0.29) is 6.04 Å². The highest BCUT2D eigenvalue weighted by atomic mass is 32.2. The lowest BCUT2D eigenvalue weighted by molar-refractivity contribution is 0.595. The molecule has 1 aromatic carbocycles. The summed E-state index contributed by atoms with van der Waals surface area (Å²) in [6, 6.07) is 7.01. The Hall–Kier alpha value is -1.36. The van der Waals surface area contributed by atoms with E-state index in [0.717, 1.165) is 6.42 Å². The van der Waals surface area contributed by atoms with Crippen LogP contribution in [0.4, 0.5) is 0 Å². The number of amidine groups is 1. The van der Waals surface area contributed by atoms with Crippen molar-refractivity contribution in [1.82, 2.24) is 4.72 Å². The Balaban J connectivity index is 2.53. The zero-order valence-corrected chi connectivity index (χ0v) is 10.1. The number of fused-ring (bicyclic) bond motifs is 1. The number of nitrogens with one attached hydrogen (secondary N) is 1. The van der Waals surface area contributed by atoms with Gasteiger partial charge < -0.3 is 0 Å². The van der Waals surface area contributed by atoms with Crippen LogP contribution >= 0.6 is 0 Å². The van der Waals surface area contributed by atoms with Gasteiger partial charge in [0, 0.05) is 11.6 Å². The molecule has 16 heavy (non-hydrogen) atoms. The number of aliphatic imine (C=N–C) groups is 1. The molecule has 0 unspecified atom stereocenters. The molecule has 1 heterocycles. The van der Waals surface area contributed by atoms with Crippen molar-refractivity contribution in [3.8, 4) is 0 Å². The van der Waals surface area contributed by atoms with Gasteiger partial charge >= 0.3 is 0 Å². The summed E-state index contributed by atoms with van der Waals surface area (Å²) in [4.78, 5) is 4.67. The molecular weight excluding hydrogens is 224 g/mol. The van der Waals surface area contributed by atoms with E-state index >= 15 is 0 Å². The van der Waals surface area contributed by atoms with Gasteiger partial charge in [-0.1, -0.05) is 19.1 Å². The van der Waals surface area contributed by atoms with Gasteiger partial charge in [0.15, 0.2) is 0 Å². The van der Waals surface area contributed by atoms with Crippen molar-refractivity contribution in [3.05, 3.63) is 29.8 Å². The van der Waals surface area contributed by atoms with Gasteiger partial charge in [0.25, 0.3) is 10.0 Å². The van der Waals surface area contributed by atoms with Crippen LogP contribution in [0.5, 0.6) is 0 Å². The maximum Gasteiger partial charge on any atom is 0.263 e. The molecule has 5 heteroatoms. The van der Waals surface area contributed by atoms with E-state index in [1.807, 2.05) is 19.9 Å². The fraction of sp³-hybridized carbons (Fsp3) is 0.364. The summed E-state index contributed by atoms with van der Waals surface area (Å²) in [6.45, 7) is 3.98. The minimum atomic E-state index is -3.39. The van der Waals surface area contributed by atoms with Crippen LogP contribution in [0.25, 0.3) is 0 Å². The third-order valence-electron chi connectivity index (χ3n) is 2.60. The molecule has 1 atom stereocenters. The largest absolute Gasteiger partial charge is 0.264 e. The Labute approximate surface area is 95.5 Å². The fourth-order valence-corrected chi connectivity index (χ4v) is 2.78. The lowest BCUT2D eigenvalue weighted by Crippen LogP contribution is -2.23. The summed E-state index contributed by atoms with van der Waals surface area (Å²) in [5.74, 6) is 0.463. The van der Waals surface area contributed by atoms with Crippen LogP contribution in [0.3, 0.4) is 0 Å². The average Bonchev–Trinajstić information content (AvgIpc) is 2.51. The summed E-state index contributed by atoms with van der Waals surface area (Å²) < 4.78 is 26.0. The van der Waals surface area contributed by atoms with Gasteiger partial charge in [-0.25, -0.2) is 8.42 Å². The third kappa shape index (κ3) is 1.82. The topological polar surface area (TPSA) is 58.5 Å². The van der Waals surface area contributed by atoms with Gasteiger partial charge in [-0.3, -0.25) is 9.71 Å². The first-order chi connectivity index (χ1) is 7.54. The maximum atomic E-state index is 11.7. The van der Waals surface area contributed by atoms with Crippen molar-refractivity contribution in [2.24, 2.45) is 4.99 Å². The summed E-state index contributed by atoms with van der Waals surface area (Å²) in [5, 5.41) is 0. The van der Waals surface area contributed by atoms with Crippen LogP contribution in [-0.4, -0.2) is 20.3 Å². The molecule has 0 fully saturated rings. The number of hydrogen-bond donors (Lipinski definition) is 1. The van der Waals surface area contributed by atoms with Crippen LogP contribution < -0.4 is 4.72 Å². The van der Waals surface area contributed by atoms with Gasteiger partial charge in [0.05, 0.1) is 4.90 Å². The highest BCUT2D eigenvalue weighted by Crippen LogP contribution is 2.22. The van der Waals surface area contributed by atoms with E-state index in [9.17, 15) is 8.42 Å². The van der Waals surface area contributed by atoms with Crippen LogP contribution in [0.15, 0.2) is 34.2 Å². The van der Waals surface area contributed by atoms with Gasteiger partial charge in [0.2, 0.25) is 0 Å². The van der Waals surface area contributed by atoms with E-state index in [2.05, 4.69) is 9.71 Å². The SMILES string of the molecule is CC[C@@H](C)N=C1NS(=O)(=O)c2ccccc21. The molecule has 0 saturated heterocycles. The zero-order valence-electron chi connectivity index (χ0n) is 9.27. The quantitative estimate of drug-likeness (QED) is 0.849. The molecule has 86 valence electrons. The molecule has 4 nitrogen and oxygen atoms in total. The number of benzene rings is 1. The normalized spacial score (nSPS) is 21.5. The Morgan fingerprint density at radius 2 is 2.06 bits per heavy atom. The monoisotopic (exact) mass is 238 g/mol. The maximum absolute atomic E-state index is 11.7. The molecule has 0 radical (unpaired) electrons. The van der Waals surface area contributed by atoms with Gasteiger partial charge in [0.1, 0.15) is 5.84 Å². The predicted molar refractivity (Wildman–Crippen MR) is 63.1 cm³/mol. The van der Waals surface area contributed by atoms with E-state index in [4.69, 9.17) is 0 Å². The highest BCUT2D eigenvalue weighted by Gasteiger charge is 2.30.